The monoisotopic (exact) mass is 323 g/mol. The van der Waals surface area contributed by atoms with Gasteiger partial charge in [-0.25, -0.2) is 0 Å². The fraction of sp³-hybridized carbons (Fsp3) is 0.500. The van der Waals surface area contributed by atoms with Gasteiger partial charge in [0.15, 0.2) is 0 Å². The average molecular weight is 324 g/mol. The molecule has 1 N–H and O–H groups in total. The molecule has 1 aromatic rings. The Labute approximate surface area is 124 Å². The Morgan fingerprint density at radius 1 is 1.32 bits per heavy atom. The lowest BCUT2D eigenvalue weighted by molar-refractivity contribution is 0.352. The predicted molar refractivity (Wildman–Crippen MR) is 83.7 cm³/mol. The Bertz CT molecular complexity index is 431. The molecule has 0 radical (unpaired) electrons. The standard InChI is InChI=1S/C16H22BrNO/c1-2-3-4-5-6-8-18-12-14-11-15(17)10-13-7-9-19-16(13)14/h2,10-11,18H,1,3-9,12H2. The minimum Gasteiger partial charge on any atom is -0.493 e. The first kappa shape index (κ1) is 14.6. The maximum absolute atomic E-state index is 5.72. The summed E-state index contributed by atoms with van der Waals surface area (Å²) in [6, 6.07) is 4.33. The summed E-state index contributed by atoms with van der Waals surface area (Å²) in [5, 5.41) is 3.51. The summed E-state index contributed by atoms with van der Waals surface area (Å²) in [5.41, 5.74) is 2.60. The van der Waals surface area contributed by atoms with Gasteiger partial charge in [0.2, 0.25) is 0 Å². The molecule has 2 rings (SSSR count). The number of nitrogens with one attached hydrogen (secondary N) is 1. The number of halogens is 1. The van der Waals surface area contributed by atoms with Crippen LogP contribution in [0.1, 0.15) is 36.8 Å². The van der Waals surface area contributed by atoms with Gasteiger partial charge in [-0.3, -0.25) is 0 Å². The van der Waals surface area contributed by atoms with Crippen molar-refractivity contribution in [2.24, 2.45) is 0 Å². The van der Waals surface area contributed by atoms with Crippen molar-refractivity contribution in [2.75, 3.05) is 13.2 Å². The van der Waals surface area contributed by atoms with E-state index in [4.69, 9.17) is 4.74 Å². The molecule has 0 unspecified atom stereocenters. The van der Waals surface area contributed by atoms with Crippen molar-refractivity contribution >= 4 is 15.9 Å². The quantitative estimate of drug-likeness (QED) is 0.571. The Hall–Kier alpha value is -0.800. The van der Waals surface area contributed by atoms with E-state index in [1.165, 1.54) is 30.4 Å². The first-order chi connectivity index (χ1) is 9.31. The van der Waals surface area contributed by atoms with Gasteiger partial charge in [0, 0.05) is 23.0 Å². The normalized spacial score (nSPS) is 13.1. The van der Waals surface area contributed by atoms with Gasteiger partial charge in [-0.2, -0.15) is 0 Å². The highest BCUT2D eigenvalue weighted by atomic mass is 79.9. The molecule has 0 saturated carbocycles. The van der Waals surface area contributed by atoms with Gasteiger partial charge in [0.05, 0.1) is 6.61 Å². The molecule has 1 aliphatic heterocycles. The van der Waals surface area contributed by atoms with E-state index in [1.807, 2.05) is 6.08 Å². The van der Waals surface area contributed by atoms with Crippen LogP contribution in [-0.4, -0.2) is 13.2 Å². The number of unbranched alkanes of at least 4 members (excludes halogenated alkanes) is 3. The molecule has 1 aromatic carbocycles. The second-order valence-corrected chi connectivity index (χ2v) is 5.88. The lowest BCUT2D eigenvalue weighted by atomic mass is 10.1. The van der Waals surface area contributed by atoms with Crippen molar-refractivity contribution in [1.29, 1.82) is 0 Å². The highest BCUT2D eigenvalue weighted by Crippen LogP contribution is 2.32. The molecular formula is C16H22BrNO. The zero-order chi connectivity index (χ0) is 13.5. The second kappa shape index (κ2) is 7.71. The number of fused-ring (bicyclic) bond motifs is 1. The van der Waals surface area contributed by atoms with Gasteiger partial charge in [-0.1, -0.05) is 28.4 Å². The molecule has 0 aromatic heterocycles. The molecule has 1 heterocycles. The first-order valence-electron chi connectivity index (χ1n) is 7.07. The van der Waals surface area contributed by atoms with E-state index in [9.17, 15) is 0 Å². The molecule has 0 saturated heterocycles. The summed E-state index contributed by atoms with van der Waals surface area (Å²) >= 11 is 3.57. The van der Waals surface area contributed by atoms with Crippen molar-refractivity contribution in [1.82, 2.24) is 5.32 Å². The maximum atomic E-state index is 5.72. The Morgan fingerprint density at radius 2 is 2.21 bits per heavy atom. The van der Waals surface area contributed by atoms with Gasteiger partial charge in [-0.05, 0) is 43.5 Å². The summed E-state index contributed by atoms with van der Waals surface area (Å²) < 4.78 is 6.88. The maximum Gasteiger partial charge on any atom is 0.127 e. The highest BCUT2D eigenvalue weighted by molar-refractivity contribution is 9.10. The summed E-state index contributed by atoms with van der Waals surface area (Å²) in [6.07, 6.45) is 7.91. The van der Waals surface area contributed by atoms with E-state index in [1.54, 1.807) is 0 Å². The molecule has 0 atom stereocenters. The van der Waals surface area contributed by atoms with Crippen LogP contribution in [0.25, 0.3) is 0 Å². The lowest BCUT2D eigenvalue weighted by Gasteiger charge is -2.10. The van der Waals surface area contributed by atoms with Crippen LogP contribution in [0.15, 0.2) is 29.3 Å². The van der Waals surface area contributed by atoms with Crippen molar-refractivity contribution in [3.8, 4) is 5.75 Å². The highest BCUT2D eigenvalue weighted by Gasteiger charge is 2.16. The number of allylic oxidation sites excluding steroid dienone is 1. The SMILES string of the molecule is C=CCCCCCNCc1cc(Br)cc2c1OCC2. The third-order valence-electron chi connectivity index (χ3n) is 3.40. The Morgan fingerprint density at radius 3 is 3.05 bits per heavy atom. The molecule has 0 fully saturated rings. The molecule has 0 spiro atoms. The molecule has 0 amide bonds. The number of rotatable bonds is 8. The molecular weight excluding hydrogens is 302 g/mol. The molecule has 0 bridgehead atoms. The van der Waals surface area contributed by atoms with Crippen LogP contribution in [0.5, 0.6) is 5.75 Å². The van der Waals surface area contributed by atoms with Crippen LogP contribution >= 0.6 is 15.9 Å². The van der Waals surface area contributed by atoms with E-state index < -0.39 is 0 Å². The van der Waals surface area contributed by atoms with Crippen molar-refractivity contribution in [2.45, 2.75) is 38.6 Å². The molecule has 3 heteroatoms. The van der Waals surface area contributed by atoms with E-state index in [0.717, 1.165) is 42.8 Å². The average Bonchev–Trinajstić information content (AvgIpc) is 2.85. The van der Waals surface area contributed by atoms with E-state index in [-0.39, 0.29) is 0 Å². The van der Waals surface area contributed by atoms with Crippen molar-refractivity contribution < 1.29 is 4.74 Å². The van der Waals surface area contributed by atoms with Crippen molar-refractivity contribution in [3.05, 3.63) is 40.4 Å². The minimum atomic E-state index is 0.820. The molecule has 104 valence electrons. The van der Waals surface area contributed by atoms with E-state index in [0.29, 0.717) is 0 Å². The van der Waals surface area contributed by atoms with Gasteiger partial charge >= 0.3 is 0 Å². The number of hydrogen-bond acceptors (Lipinski definition) is 2. The first-order valence-corrected chi connectivity index (χ1v) is 7.86. The molecule has 1 aliphatic rings. The van der Waals surface area contributed by atoms with Crippen LogP contribution < -0.4 is 10.1 Å². The Kier molecular flexibility index (Phi) is 5.93. The summed E-state index contributed by atoms with van der Waals surface area (Å²) in [4.78, 5) is 0. The van der Waals surface area contributed by atoms with Gasteiger partial charge in [-0.15, -0.1) is 6.58 Å². The fourth-order valence-corrected chi connectivity index (χ4v) is 2.97. The smallest absolute Gasteiger partial charge is 0.127 e. The molecule has 2 nitrogen and oxygen atoms in total. The number of ether oxygens (including phenoxy) is 1. The largest absolute Gasteiger partial charge is 0.493 e. The minimum absolute atomic E-state index is 0.820. The van der Waals surface area contributed by atoms with E-state index in [2.05, 4.69) is 40.0 Å². The van der Waals surface area contributed by atoms with Gasteiger partial charge in [0.25, 0.3) is 0 Å². The topological polar surface area (TPSA) is 21.3 Å². The Balaban J connectivity index is 1.76. The van der Waals surface area contributed by atoms with Crippen LogP contribution in [-0.2, 0) is 13.0 Å². The van der Waals surface area contributed by atoms with Crippen LogP contribution in [0, 0.1) is 0 Å². The molecule has 0 aliphatic carbocycles. The van der Waals surface area contributed by atoms with Gasteiger partial charge < -0.3 is 10.1 Å². The van der Waals surface area contributed by atoms with Crippen molar-refractivity contribution in [3.63, 3.8) is 0 Å². The van der Waals surface area contributed by atoms with Crippen LogP contribution in [0.4, 0.5) is 0 Å². The number of hydrogen-bond donors (Lipinski definition) is 1. The predicted octanol–water partition coefficient (Wildman–Crippen LogP) is 4.22. The fourth-order valence-electron chi connectivity index (χ4n) is 2.42. The zero-order valence-electron chi connectivity index (χ0n) is 11.4. The summed E-state index contributed by atoms with van der Waals surface area (Å²) in [5.74, 6) is 1.10. The number of benzene rings is 1. The van der Waals surface area contributed by atoms with E-state index >= 15 is 0 Å². The summed E-state index contributed by atoms with van der Waals surface area (Å²) in [7, 11) is 0. The second-order valence-electron chi connectivity index (χ2n) is 4.97. The van der Waals surface area contributed by atoms with Crippen LogP contribution in [0.3, 0.4) is 0 Å². The summed E-state index contributed by atoms with van der Waals surface area (Å²) in [6.45, 7) is 6.52. The third kappa shape index (κ3) is 4.36. The van der Waals surface area contributed by atoms with Crippen LogP contribution in [0.2, 0.25) is 0 Å². The zero-order valence-corrected chi connectivity index (χ0v) is 13.0. The molecule has 19 heavy (non-hydrogen) atoms. The third-order valence-corrected chi connectivity index (χ3v) is 3.86. The van der Waals surface area contributed by atoms with Gasteiger partial charge in [0.1, 0.15) is 5.75 Å². The lowest BCUT2D eigenvalue weighted by Crippen LogP contribution is -2.15.